The largest absolute Gasteiger partial charge is 0.0903 e. The molecule has 4 aliphatic carbocycles. The first-order chi connectivity index (χ1) is 10.6. The molecule has 4 aliphatic rings. The summed E-state index contributed by atoms with van der Waals surface area (Å²) in [6.07, 6.45) is 14.5. The first kappa shape index (κ1) is 14.6. The van der Waals surface area contributed by atoms with Gasteiger partial charge in [-0.2, -0.15) is 0 Å². The third kappa shape index (κ3) is 1.98. The molecule has 0 spiro atoms. The van der Waals surface area contributed by atoms with Crippen molar-refractivity contribution >= 4 is 0 Å². The predicted molar refractivity (Wildman–Crippen MR) is 89.3 cm³/mol. The Balaban J connectivity index is 1.64. The molecule has 6 atom stereocenters. The molecule has 3 nitrogen and oxygen atoms in total. The second-order valence-corrected chi connectivity index (χ2v) is 8.95. The minimum absolute atomic E-state index is 0.209. The fourth-order valence-corrected chi connectivity index (χ4v) is 6.81. The Bertz CT molecular complexity index is 547. The zero-order chi connectivity index (χ0) is 15.4. The summed E-state index contributed by atoms with van der Waals surface area (Å²) in [4.78, 5) is 3.05. The van der Waals surface area contributed by atoms with Crippen molar-refractivity contribution in [3.05, 3.63) is 22.1 Å². The molecule has 0 aromatic rings. The van der Waals surface area contributed by atoms with Gasteiger partial charge in [0.25, 0.3) is 0 Å². The fourth-order valence-electron chi connectivity index (χ4n) is 6.81. The lowest BCUT2D eigenvalue weighted by atomic mass is 9.48. The zero-order valence-electron chi connectivity index (χ0n) is 14.1. The number of hydrogen-bond acceptors (Lipinski definition) is 1. The van der Waals surface area contributed by atoms with Crippen molar-refractivity contribution in [1.82, 2.24) is 0 Å². The van der Waals surface area contributed by atoms with Crippen LogP contribution in [0.3, 0.4) is 0 Å². The molecule has 0 aromatic carbocycles. The van der Waals surface area contributed by atoms with E-state index < -0.39 is 0 Å². The average molecular weight is 299 g/mol. The van der Waals surface area contributed by atoms with Gasteiger partial charge in [0.2, 0.25) is 0 Å². The maximum Gasteiger partial charge on any atom is 0.0411 e. The third-order valence-corrected chi connectivity index (χ3v) is 8.07. The van der Waals surface area contributed by atoms with Crippen molar-refractivity contribution in [3.8, 4) is 0 Å². The van der Waals surface area contributed by atoms with Crippen LogP contribution in [0.2, 0.25) is 0 Å². The molecule has 0 amide bonds. The van der Waals surface area contributed by atoms with Gasteiger partial charge in [0.1, 0.15) is 0 Å². The van der Waals surface area contributed by atoms with Gasteiger partial charge in [0.05, 0.1) is 0 Å². The highest BCUT2D eigenvalue weighted by Gasteiger charge is 2.55. The zero-order valence-corrected chi connectivity index (χ0v) is 14.1. The summed E-state index contributed by atoms with van der Waals surface area (Å²) in [5.41, 5.74) is 11.4. The van der Waals surface area contributed by atoms with Crippen molar-refractivity contribution in [2.75, 3.05) is 0 Å². The van der Waals surface area contributed by atoms with Crippen LogP contribution in [0.15, 0.2) is 16.8 Å². The van der Waals surface area contributed by atoms with E-state index in [1.165, 1.54) is 44.9 Å². The van der Waals surface area contributed by atoms with Gasteiger partial charge in [-0.15, -0.1) is 0 Å². The maximum atomic E-state index is 8.74. The van der Waals surface area contributed by atoms with E-state index in [1.54, 1.807) is 5.57 Å². The molecule has 0 aromatic heterocycles. The predicted octanol–water partition coefficient (Wildman–Crippen LogP) is 6.02. The van der Waals surface area contributed by atoms with Crippen LogP contribution in [0.25, 0.3) is 10.4 Å². The molecule has 0 saturated heterocycles. The van der Waals surface area contributed by atoms with E-state index in [0.29, 0.717) is 10.8 Å². The molecule has 0 unspecified atom stereocenters. The molecular formula is C19H29N3. The lowest BCUT2D eigenvalue weighted by molar-refractivity contribution is -0.0260. The molecule has 3 heteroatoms. The quantitative estimate of drug-likeness (QED) is 0.246. The SMILES string of the molecule is C[C@@]12CCC[C@H]1[C@@H]1CC=C3C[C@H](N=[N+]=[N-])CC[C@]3(C)[C@H]1CC2. The van der Waals surface area contributed by atoms with Gasteiger partial charge >= 0.3 is 0 Å². The second kappa shape index (κ2) is 5.03. The Morgan fingerprint density at radius 2 is 2.00 bits per heavy atom. The monoisotopic (exact) mass is 299 g/mol. The highest BCUT2D eigenvalue weighted by Crippen LogP contribution is 2.64. The van der Waals surface area contributed by atoms with E-state index >= 15 is 0 Å². The standard InChI is InChI=1S/C19H29N3/c1-18-9-3-4-16(18)15-6-5-13-12-14(21-22-20)7-11-19(13,2)17(15)8-10-18/h5,14-17H,3-4,6-12H2,1-2H3/t14-,15+,16+,17+,18+,19+/m1/s1. The van der Waals surface area contributed by atoms with Crippen molar-refractivity contribution in [1.29, 1.82) is 0 Å². The smallest absolute Gasteiger partial charge is 0.0411 e. The topological polar surface area (TPSA) is 48.8 Å². The summed E-state index contributed by atoms with van der Waals surface area (Å²) in [5, 5.41) is 4.01. The van der Waals surface area contributed by atoms with E-state index in [9.17, 15) is 0 Å². The van der Waals surface area contributed by atoms with Crippen LogP contribution in [-0.4, -0.2) is 6.04 Å². The van der Waals surface area contributed by atoms with Gasteiger partial charge < -0.3 is 0 Å². The summed E-state index contributed by atoms with van der Waals surface area (Å²) in [6, 6.07) is 0.209. The minimum atomic E-state index is 0.209. The number of nitrogens with zero attached hydrogens (tertiary/aromatic N) is 3. The van der Waals surface area contributed by atoms with Gasteiger partial charge in [0, 0.05) is 11.0 Å². The molecule has 0 aliphatic heterocycles. The average Bonchev–Trinajstić information content (AvgIpc) is 2.89. The molecule has 0 heterocycles. The summed E-state index contributed by atoms with van der Waals surface area (Å²) in [5.74, 6) is 2.78. The van der Waals surface area contributed by atoms with E-state index in [-0.39, 0.29) is 6.04 Å². The van der Waals surface area contributed by atoms with Crippen LogP contribution < -0.4 is 0 Å². The number of hydrogen-bond donors (Lipinski definition) is 0. The fraction of sp³-hybridized carbons (Fsp3) is 0.895. The molecule has 120 valence electrons. The minimum Gasteiger partial charge on any atom is -0.0903 e. The Labute approximate surface area is 134 Å². The molecular weight excluding hydrogens is 270 g/mol. The summed E-state index contributed by atoms with van der Waals surface area (Å²) in [6.45, 7) is 5.10. The summed E-state index contributed by atoms with van der Waals surface area (Å²) < 4.78 is 0. The molecule has 0 bridgehead atoms. The Hall–Kier alpha value is -0.950. The molecule has 0 N–H and O–H groups in total. The lowest BCUT2D eigenvalue weighted by Crippen LogP contribution is -2.49. The van der Waals surface area contributed by atoms with Gasteiger partial charge in [0.15, 0.2) is 0 Å². The highest BCUT2D eigenvalue weighted by atomic mass is 15.1. The van der Waals surface area contributed by atoms with E-state index in [4.69, 9.17) is 5.53 Å². The second-order valence-electron chi connectivity index (χ2n) is 8.95. The van der Waals surface area contributed by atoms with Gasteiger partial charge in [-0.3, -0.25) is 0 Å². The highest BCUT2D eigenvalue weighted by molar-refractivity contribution is 5.25. The van der Waals surface area contributed by atoms with Crippen LogP contribution in [0.5, 0.6) is 0 Å². The third-order valence-electron chi connectivity index (χ3n) is 8.07. The van der Waals surface area contributed by atoms with Crippen molar-refractivity contribution in [2.45, 2.75) is 77.7 Å². The van der Waals surface area contributed by atoms with Crippen molar-refractivity contribution in [3.63, 3.8) is 0 Å². The van der Waals surface area contributed by atoms with Crippen LogP contribution in [-0.2, 0) is 0 Å². The summed E-state index contributed by atoms with van der Waals surface area (Å²) in [7, 11) is 0. The Morgan fingerprint density at radius 1 is 1.14 bits per heavy atom. The van der Waals surface area contributed by atoms with Crippen LogP contribution in [0.4, 0.5) is 0 Å². The molecule has 3 saturated carbocycles. The van der Waals surface area contributed by atoms with Gasteiger partial charge in [-0.1, -0.05) is 37.0 Å². The van der Waals surface area contributed by atoms with Gasteiger partial charge in [-0.05, 0) is 85.5 Å². The van der Waals surface area contributed by atoms with Crippen molar-refractivity contribution in [2.24, 2.45) is 33.7 Å². The van der Waals surface area contributed by atoms with E-state index in [0.717, 1.165) is 30.6 Å². The van der Waals surface area contributed by atoms with Crippen LogP contribution in [0.1, 0.15) is 71.6 Å². The lowest BCUT2D eigenvalue weighted by Gasteiger charge is -2.57. The first-order valence-electron chi connectivity index (χ1n) is 9.30. The van der Waals surface area contributed by atoms with Crippen molar-refractivity contribution < 1.29 is 0 Å². The normalized spacial score (nSPS) is 50.2. The number of rotatable bonds is 1. The maximum absolute atomic E-state index is 8.74. The Kier molecular flexibility index (Phi) is 3.34. The van der Waals surface area contributed by atoms with Crippen LogP contribution in [0, 0.1) is 28.6 Å². The molecule has 3 fully saturated rings. The molecule has 0 radical (unpaired) electrons. The molecule has 4 rings (SSSR count). The van der Waals surface area contributed by atoms with E-state index in [2.05, 4.69) is 29.9 Å². The first-order valence-corrected chi connectivity index (χ1v) is 9.30. The summed E-state index contributed by atoms with van der Waals surface area (Å²) >= 11 is 0. The number of allylic oxidation sites excluding steroid dienone is 1. The van der Waals surface area contributed by atoms with E-state index in [1.807, 2.05) is 0 Å². The molecule has 22 heavy (non-hydrogen) atoms. The van der Waals surface area contributed by atoms with Gasteiger partial charge in [-0.25, -0.2) is 0 Å². The van der Waals surface area contributed by atoms with Crippen LogP contribution >= 0.6 is 0 Å². The number of azide groups is 1. The Morgan fingerprint density at radius 3 is 2.82 bits per heavy atom. The number of fused-ring (bicyclic) bond motifs is 5.